The number of fused-ring (bicyclic) bond motifs is 1. The van der Waals surface area contributed by atoms with E-state index in [-0.39, 0.29) is 5.75 Å². The van der Waals surface area contributed by atoms with Crippen molar-refractivity contribution in [1.29, 1.82) is 0 Å². The number of hydrogen-bond acceptors (Lipinski definition) is 4. The molecule has 0 bridgehead atoms. The fraction of sp³-hybridized carbons (Fsp3) is 0.435. The van der Waals surface area contributed by atoms with E-state index < -0.39 is 12.1 Å². The molecule has 0 radical (unpaired) electrons. The van der Waals surface area contributed by atoms with Gasteiger partial charge in [-0.25, -0.2) is 4.79 Å². The quantitative estimate of drug-likeness (QED) is 0.558. The Kier molecular flexibility index (Phi) is 8.74. The fourth-order valence-corrected chi connectivity index (χ4v) is 3.39. The number of hydrogen-bond donors (Lipinski definition) is 1. The molecule has 2 aromatic carbocycles. The average Bonchev–Trinajstić information content (AvgIpc) is 3.38. The van der Waals surface area contributed by atoms with Gasteiger partial charge in [0.2, 0.25) is 0 Å². The first-order valence-corrected chi connectivity index (χ1v) is 10.6. The molecule has 31 heavy (non-hydrogen) atoms. The Morgan fingerprint density at radius 2 is 1.71 bits per heavy atom. The molecule has 3 aromatic rings. The van der Waals surface area contributed by atoms with Crippen LogP contribution in [-0.4, -0.2) is 24.0 Å². The summed E-state index contributed by atoms with van der Waals surface area (Å²) >= 11 is 0. The predicted octanol–water partition coefficient (Wildman–Crippen LogP) is 5.82. The van der Waals surface area contributed by atoms with E-state index in [1.807, 2.05) is 33.8 Å². The molecule has 1 saturated heterocycles. The molecule has 1 atom stereocenters. The van der Waals surface area contributed by atoms with Crippen molar-refractivity contribution in [3.8, 4) is 16.9 Å². The number of aromatic nitrogens is 1. The summed E-state index contributed by atoms with van der Waals surface area (Å²) in [5.41, 5.74) is 2.67. The molecule has 1 aliphatic rings. The molecule has 1 unspecified atom stereocenters. The second kappa shape index (κ2) is 11.0. The smallest absolute Gasteiger partial charge is 0.408 e. The van der Waals surface area contributed by atoms with Gasteiger partial charge in [-0.2, -0.15) is 0 Å². The maximum absolute atomic E-state index is 12.3. The van der Waals surface area contributed by atoms with Gasteiger partial charge >= 0.3 is 12.1 Å². The highest BCUT2D eigenvalue weighted by molar-refractivity contribution is 5.80. The van der Waals surface area contributed by atoms with Crippen LogP contribution in [0.5, 0.6) is 5.75 Å². The largest absolute Gasteiger partial charge is 0.573 e. The summed E-state index contributed by atoms with van der Waals surface area (Å²) in [6, 6.07) is 10.9. The first-order chi connectivity index (χ1) is 14.9. The van der Waals surface area contributed by atoms with E-state index in [2.05, 4.69) is 10.1 Å². The monoisotopic (exact) mass is 438 g/mol. The van der Waals surface area contributed by atoms with Crippen molar-refractivity contribution in [2.24, 2.45) is 5.92 Å². The zero-order valence-corrected chi connectivity index (χ0v) is 18.3. The van der Waals surface area contributed by atoms with Crippen LogP contribution in [0.25, 0.3) is 22.2 Å². The van der Waals surface area contributed by atoms with Crippen molar-refractivity contribution in [2.45, 2.75) is 47.0 Å². The van der Waals surface area contributed by atoms with Gasteiger partial charge in [0.05, 0.1) is 5.52 Å². The van der Waals surface area contributed by atoms with Crippen LogP contribution in [0.15, 0.2) is 51.7 Å². The molecule has 5 nitrogen and oxygen atoms in total. The number of benzene rings is 2. The van der Waals surface area contributed by atoms with Gasteiger partial charge < -0.3 is 14.5 Å². The zero-order chi connectivity index (χ0) is 23.0. The summed E-state index contributed by atoms with van der Waals surface area (Å²) in [7, 11) is 0. The number of nitrogens with one attached hydrogen (secondary N) is 1. The summed E-state index contributed by atoms with van der Waals surface area (Å²) in [5.74, 6) is -0.310. The fourth-order valence-electron chi connectivity index (χ4n) is 3.39. The van der Waals surface area contributed by atoms with Crippen molar-refractivity contribution in [1.82, 2.24) is 9.88 Å². The van der Waals surface area contributed by atoms with Crippen LogP contribution >= 0.6 is 0 Å². The van der Waals surface area contributed by atoms with Crippen LogP contribution in [0, 0.1) is 5.92 Å². The Morgan fingerprint density at radius 1 is 1.06 bits per heavy atom. The molecule has 2 heterocycles. The third kappa shape index (κ3) is 6.37. The second-order valence-electron chi connectivity index (χ2n) is 6.59. The van der Waals surface area contributed by atoms with Gasteiger partial charge in [-0.05, 0) is 60.8 Å². The first kappa shape index (κ1) is 24.5. The molecule has 170 valence electrons. The third-order valence-electron chi connectivity index (χ3n) is 4.69. The molecule has 1 fully saturated rings. The van der Waals surface area contributed by atoms with Crippen LogP contribution in [0.4, 0.5) is 13.2 Å². The minimum Gasteiger partial charge on any atom is -0.408 e. The lowest BCUT2D eigenvalue weighted by atomic mass is 10.0. The molecule has 4 rings (SSSR count). The molecular weight excluding hydrogens is 409 g/mol. The van der Waals surface area contributed by atoms with Crippen LogP contribution in [0.1, 0.15) is 34.1 Å². The van der Waals surface area contributed by atoms with E-state index in [1.54, 1.807) is 28.8 Å². The van der Waals surface area contributed by atoms with Crippen molar-refractivity contribution >= 4 is 11.1 Å². The van der Waals surface area contributed by atoms with E-state index in [1.165, 1.54) is 12.1 Å². The molecule has 8 heteroatoms. The normalized spacial score (nSPS) is 15.6. The molecule has 0 amide bonds. The molecule has 0 spiro atoms. The lowest BCUT2D eigenvalue weighted by Gasteiger charge is -2.10. The molecule has 1 aliphatic heterocycles. The van der Waals surface area contributed by atoms with Crippen molar-refractivity contribution in [3.05, 3.63) is 53.0 Å². The van der Waals surface area contributed by atoms with Gasteiger partial charge in [0, 0.05) is 6.54 Å². The van der Waals surface area contributed by atoms with E-state index in [4.69, 9.17) is 4.42 Å². The van der Waals surface area contributed by atoms with Gasteiger partial charge in [0.25, 0.3) is 0 Å². The molecule has 1 N–H and O–H groups in total. The lowest BCUT2D eigenvalue weighted by Crippen LogP contribution is -2.21. The van der Waals surface area contributed by atoms with Crippen molar-refractivity contribution < 1.29 is 22.3 Å². The number of nitrogens with zero attached hydrogens (tertiary/aromatic N) is 1. The summed E-state index contributed by atoms with van der Waals surface area (Å²) < 4.78 is 47.7. The highest BCUT2D eigenvalue weighted by atomic mass is 19.4. The number of halogens is 3. The minimum atomic E-state index is -4.72. The maximum Gasteiger partial charge on any atom is 0.573 e. The topological polar surface area (TPSA) is 56.4 Å². The van der Waals surface area contributed by atoms with E-state index in [0.717, 1.165) is 25.1 Å². The van der Waals surface area contributed by atoms with E-state index >= 15 is 0 Å². The standard InChI is InChI=1S/C19H17F3N2O3.2C2H6/c20-19(21,22)27-15-4-1-13(2-5-15)14-3-6-17-16(9-14)24(18(25)26-17)11-12-7-8-23-10-12;2*1-2/h1-6,9,12,23H,7-8,10-11H2;2*1-2H3. The van der Waals surface area contributed by atoms with E-state index in [9.17, 15) is 18.0 Å². The minimum absolute atomic E-state index is 0.277. The van der Waals surface area contributed by atoms with Gasteiger partial charge in [0.1, 0.15) is 5.75 Å². The van der Waals surface area contributed by atoms with Gasteiger partial charge in [-0.15, -0.1) is 13.2 Å². The highest BCUT2D eigenvalue weighted by Crippen LogP contribution is 2.28. The second-order valence-corrected chi connectivity index (χ2v) is 6.59. The SMILES string of the molecule is CC.CC.O=c1oc2ccc(-c3ccc(OC(F)(F)F)cc3)cc2n1CC1CCNC1. The summed E-state index contributed by atoms with van der Waals surface area (Å²) in [6.07, 6.45) is -3.72. The highest BCUT2D eigenvalue weighted by Gasteiger charge is 2.31. The van der Waals surface area contributed by atoms with Crippen LogP contribution in [0.2, 0.25) is 0 Å². The summed E-state index contributed by atoms with van der Waals surface area (Å²) in [6.45, 7) is 10.4. The third-order valence-corrected chi connectivity index (χ3v) is 4.69. The Bertz CT molecular complexity index is 1000. The number of alkyl halides is 3. The Hall–Kier alpha value is -2.74. The van der Waals surface area contributed by atoms with Crippen molar-refractivity contribution in [3.63, 3.8) is 0 Å². The van der Waals surface area contributed by atoms with Gasteiger partial charge in [0.15, 0.2) is 5.58 Å². The van der Waals surface area contributed by atoms with Gasteiger partial charge in [-0.1, -0.05) is 45.9 Å². The van der Waals surface area contributed by atoms with Crippen LogP contribution < -0.4 is 15.8 Å². The van der Waals surface area contributed by atoms with E-state index in [0.29, 0.717) is 29.1 Å². The lowest BCUT2D eigenvalue weighted by molar-refractivity contribution is -0.274. The maximum atomic E-state index is 12.3. The van der Waals surface area contributed by atoms with Crippen molar-refractivity contribution in [2.75, 3.05) is 13.1 Å². The van der Waals surface area contributed by atoms with Gasteiger partial charge in [-0.3, -0.25) is 4.57 Å². The Labute approximate surface area is 179 Å². The Balaban J connectivity index is 0.000000807. The van der Waals surface area contributed by atoms with Crippen LogP contribution in [0.3, 0.4) is 0 Å². The first-order valence-electron chi connectivity index (χ1n) is 10.6. The number of rotatable bonds is 4. The molecular formula is C23H29F3N2O3. The zero-order valence-electron chi connectivity index (χ0n) is 18.3. The summed E-state index contributed by atoms with van der Waals surface area (Å²) in [4.78, 5) is 12.2. The molecule has 0 aliphatic carbocycles. The molecule has 1 aromatic heterocycles. The van der Waals surface area contributed by atoms with Crippen LogP contribution in [-0.2, 0) is 6.54 Å². The molecule has 0 saturated carbocycles. The Morgan fingerprint density at radius 3 is 2.29 bits per heavy atom. The number of oxazole rings is 1. The average molecular weight is 438 g/mol. The predicted molar refractivity (Wildman–Crippen MR) is 116 cm³/mol. The number of ether oxygens (including phenoxy) is 1. The summed E-state index contributed by atoms with van der Waals surface area (Å²) in [5, 5.41) is 3.27.